The Balaban J connectivity index is 2.57. The van der Waals surface area contributed by atoms with Crippen molar-refractivity contribution in [1.29, 1.82) is 0 Å². The van der Waals surface area contributed by atoms with Crippen molar-refractivity contribution in [3.8, 4) is 22.9 Å². The second-order valence-electron chi connectivity index (χ2n) is 3.05. The molecule has 0 aliphatic heterocycles. The fraction of sp³-hybridized carbons (Fsp3) is 0.182. The molecule has 0 saturated carbocycles. The number of hydrogen-bond acceptors (Lipinski definition) is 5. The smallest absolute Gasteiger partial charge is 0.280 e. The molecule has 1 aromatic carbocycles. The Bertz CT molecular complexity index is 474. The molecule has 0 amide bonds. The second kappa shape index (κ2) is 4.57. The van der Waals surface area contributed by atoms with Gasteiger partial charge >= 0.3 is 0 Å². The monoisotopic (exact) mass is 217 g/mol. The number of hydrogen-bond donors (Lipinski definition) is 0. The van der Waals surface area contributed by atoms with Crippen molar-refractivity contribution in [2.45, 2.75) is 0 Å². The molecule has 0 fully saturated rings. The third-order valence-electron chi connectivity index (χ3n) is 2.13. The molecular weight excluding hydrogens is 206 g/mol. The predicted octanol–water partition coefficient (Wildman–Crippen LogP) is 1.56. The van der Waals surface area contributed by atoms with Gasteiger partial charge in [0.25, 0.3) is 5.88 Å². The summed E-state index contributed by atoms with van der Waals surface area (Å²) in [6.45, 7) is 0. The van der Waals surface area contributed by atoms with Crippen LogP contribution < -0.4 is 9.47 Å². The van der Waals surface area contributed by atoms with Crippen LogP contribution in [0.3, 0.4) is 0 Å². The fourth-order valence-electron chi connectivity index (χ4n) is 1.40. The summed E-state index contributed by atoms with van der Waals surface area (Å²) in [5, 5.41) is 11.3. The van der Waals surface area contributed by atoms with E-state index in [1.54, 1.807) is 7.11 Å². The molecule has 0 aliphatic carbocycles. The molecule has 5 nitrogen and oxygen atoms in total. The van der Waals surface area contributed by atoms with Crippen LogP contribution in [0.15, 0.2) is 30.3 Å². The molecule has 2 rings (SSSR count). The van der Waals surface area contributed by atoms with Gasteiger partial charge in [0.05, 0.1) is 14.2 Å². The van der Waals surface area contributed by atoms with E-state index < -0.39 is 0 Å². The van der Waals surface area contributed by atoms with E-state index in [9.17, 15) is 0 Å². The minimum absolute atomic E-state index is 0.330. The van der Waals surface area contributed by atoms with Crippen LogP contribution >= 0.6 is 0 Å². The van der Waals surface area contributed by atoms with E-state index in [1.807, 2.05) is 30.3 Å². The average molecular weight is 217 g/mol. The predicted molar refractivity (Wildman–Crippen MR) is 58.4 cm³/mol. The number of rotatable bonds is 3. The molecule has 1 heterocycles. The molecule has 0 bridgehead atoms. The Hall–Kier alpha value is -2.17. The van der Waals surface area contributed by atoms with Crippen LogP contribution in [0.25, 0.3) is 11.3 Å². The third kappa shape index (κ3) is 1.79. The van der Waals surface area contributed by atoms with Gasteiger partial charge in [-0.3, -0.25) is 0 Å². The van der Waals surface area contributed by atoms with Gasteiger partial charge < -0.3 is 9.47 Å². The highest BCUT2D eigenvalue weighted by Crippen LogP contribution is 2.33. The summed E-state index contributed by atoms with van der Waals surface area (Å²) in [5.74, 6) is 0.819. The van der Waals surface area contributed by atoms with Gasteiger partial charge in [-0.15, -0.1) is 5.10 Å². The van der Waals surface area contributed by atoms with Crippen molar-refractivity contribution < 1.29 is 9.47 Å². The quantitative estimate of drug-likeness (QED) is 0.780. The van der Waals surface area contributed by atoms with Gasteiger partial charge in [-0.05, 0) is 5.21 Å². The van der Waals surface area contributed by atoms with Crippen molar-refractivity contribution in [3.63, 3.8) is 0 Å². The highest BCUT2D eigenvalue weighted by molar-refractivity contribution is 5.67. The lowest BCUT2D eigenvalue weighted by atomic mass is 10.1. The van der Waals surface area contributed by atoms with Crippen LogP contribution in [0.1, 0.15) is 0 Å². The van der Waals surface area contributed by atoms with Gasteiger partial charge in [-0.25, -0.2) is 0 Å². The number of benzene rings is 1. The summed E-state index contributed by atoms with van der Waals surface area (Å²) in [5.41, 5.74) is 1.53. The van der Waals surface area contributed by atoms with Gasteiger partial charge in [0.15, 0.2) is 0 Å². The van der Waals surface area contributed by atoms with Gasteiger partial charge in [-0.2, -0.15) is 0 Å². The Kier molecular flexibility index (Phi) is 2.95. The van der Waals surface area contributed by atoms with Crippen LogP contribution in [0.5, 0.6) is 11.6 Å². The topological polar surface area (TPSA) is 57.1 Å². The number of methoxy groups -OCH3 is 2. The first-order chi connectivity index (χ1) is 7.86. The molecule has 0 radical (unpaired) electrons. The molecule has 0 atom stereocenters. The first kappa shape index (κ1) is 10.4. The Morgan fingerprint density at radius 1 is 0.938 bits per heavy atom. The minimum atomic E-state index is 0.330. The molecule has 0 N–H and O–H groups in total. The molecule has 0 aliphatic rings. The maximum atomic E-state index is 5.23. The molecule has 0 unspecified atom stereocenters. The van der Waals surface area contributed by atoms with E-state index in [2.05, 4.69) is 15.4 Å². The van der Waals surface area contributed by atoms with E-state index in [0.717, 1.165) is 5.56 Å². The van der Waals surface area contributed by atoms with Crippen LogP contribution in [0.4, 0.5) is 0 Å². The van der Waals surface area contributed by atoms with Gasteiger partial charge in [0, 0.05) is 5.56 Å². The molecule has 1 aromatic heterocycles. The third-order valence-corrected chi connectivity index (χ3v) is 2.13. The summed E-state index contributed by atoms with van der Waals surface area (Å²) in [6.07, 6.45) is 0. The number of ether oxygens (including phenoxy) is 2. The normalized spacial score (nSPS) is 9.88. The summed E-state index contributed by atoms with van der Waals surface area (Å²) in [4.78, 5) is 0. The SMILES string of the molecule is COc1nnnc(-c2ccccc2)c1OC. The van der Waals surface area contributed by atoms with Crippen molar-refractivity contribution >= 4 is 0 Å². The van der Waals surface area contributed by atoms with Gasteiger partial charge in [0.2, 0.25) is 5.75 Å². The van der Waals surface area contributed by atoms with Crippen LogP contribution in [0.2, 0.25) is 0 Å². The largest absolute Gasteiger partial charge is 0.490 e. The number of nitrogens with zero attached hydrogens (tertiary/aromatic N) is 3. The lowest BCUT2D eigenvalue weighted by molar-refractivity contribution is 0.335. The zero-order valence-corrected chi connectivity index (χ0v) is 9.04. The fourth-order valence-corrected chi connectivity index (χ4v) is 1.40. The highest BCUT2D eigenvalue weighted by atomic mass is 16.5. The zero-order valence-electron chi connectivity index (χ0n) is 9.04. The second-order valence-corrected chi connectivity index (χ2v) is 3.05. The van der Waals surface area contributed by atoms with Crippen molar-refractivity contribution in [3.05, 3.63) is 30.3 Å². The standard InChI is InChI=1S/C11H11N3O2/c1-15-10-9(8-6-4-3-5-7-8)12-14-13-11(10)16-2/h3-7H,1-2H3. The highest BCUT2D eigenvalue weighted by Gasteiger charge is 2.14. The Morgan fingerprint density at radius 2 is 1.69 bits per heavy atom. The zero-order chi connectivity index (χ0) is 11.4. The van der Waals surface area contributed by atoms with Crippen LogP contribution in [-0.4, -0.2) is 29.6 Å². The molecule has 5 heteroatoms. The molecule has 16 heavy (non-hydrogen) atoms. The maximum Gasteiger partial charge on any atom is 0.280 e. The van der Waals surface area contributed by atoms with Gasteiger partial charge in [-0.1, -0.05) is 35.4 Å². The Labute approximate surface area is 93.0 Å². The van der Waals surface area contributed by atoms with E-state index in [-0.39, 0.29) is 0 Å². The molecule has 0 spiro atoms. The first-order valence-corrected chi connectivity index (χ1v) is 4.73. The molecule has 2 aromatic rings. The van der Waals surface area contributed by atoms with Crippen LogP contribution in [0, 0.1) is 0 Å². The van der Waals surface area contributed by atoms with Gasteiger partial charge in [0.1, 0.15) is 5.69 Å². The lowest BCUT2D eigenvalue weighted by Crippen LogP contribution is -2.00. The summed E-state index contributed by atoms with van der Waals surface area (Å²) < 4.78 is 10.3. The summed E-state index contributed by atoms with van der Waals surface area (Å²) >= 11 is 0. The number of aromatic nitrogens is 3. The first-order valence-electron chi connectivity index (χ1n) is 4.73. The minimum Gasteiger partial charge on any atom is -0.490 e. The van der Waals surface area contributed by atoms with E-state index in [0.29, 0.717) is 17.3 Å². The van der Waals surface area contributed by atoms with E-state index in [4.69, 9.17) is 9.47 Å². The summed E-state index contributed by atoms with van der Waals surface area (Å²) in [7, 11) is 3.06. The maximum absolute atomic E-state index is 5.23. The molecule has 82 valence electrons. The lowest BCUT2D eigenvalue weighted by Gasteiger charge is -2.08. The Morgan fingerprint density at radius 3 is 2.31 bits per heavy atom. The molecule has 0 saturated heterocycles. The van der Waals surface area contributed by atoms with Crippen molar-refractivity contribution in [2.24, 2.45) is 0 Å². The van der Waals surface area contributed by atoms with Crippen LogP contribution in [-0.2, 0) is 0 Å². The van der Waals surface area contributed by atoms with E-state index >= 15 is 0 Å². The van der Waals surface area contributed by atoms with E-state index in [1.165, 1.54) is 7.11 Å². The summed E-state index contributed by atoms with van der Waals surface area (Å²) in [6, 6.07) is 9.62. The average Bonchev–Trinajstić information content (AvgIpc) is 2.38. The molecular formula is C11H11N3O2. The van der Waals surface area contributed by atoms with Crippen molar-refractivity contribution in [2.75, 3.05) is 14.2 Å². The van der Waals surface area contributed by atoms with Crippen molar-refractivity contribution in [1.82, 2.24) is 15.4 Å².